The molecule has 0 atom stereocenters. The molecule has 1 aromatic rings. The lowest BCUT2D eigenvalue weighted by molar-refractivity contribution is 0.528. The topological polar surface area (TPSA) is 34.0 Å². The van der Waals surface area contributed by atoms with Gasteiger partial charge in [-0.25, -0.2) is 0 Å². The summed E-state index contributed by atoms with van der Waals surface area (Å²) in [7, 11) is 1.86. The number of hydrogen-bond donors (Lipinski definition) is 1. The smallest absolute Gasteiger partial charge is 0.255 e. The highest BCUT2D eigenvalue weighted by atomic mass is 16.1. The molecule has 0 saturated carbocycles. The van der Waals surface area contributed by atoms with Crippen molar-refractivity contribution in [2.24, 2.45) is 0 Å². The molecule has 0 aliphatic carbocycles. The van der Waals surface area contributed by atoms with E-state index in [1.165, 1.54) is 0 Å². The molecule has 0 fully saturated rings. The minimum atomic E-state index is 0.135. The zero-order chi connectivity index (χ0) is 12.3. The van der Waals surface area contributed by atoms with Gasteiger partial charge in [-0.15, -0.1) is 0 Å². The van der Waals surface area contributed by atoms with Gasteiger partial charge in [0.15, 0.2) is 0 Å². The van der Waals surface area contributed by atoms with E-state index in [1.54, 1.807) is 0 Å². The Labute approximate surface area is 97.5 Å². The monoisotopic (exact) mass is 222 g/mol. The second-order valence-corrected chi connectivity index (χ2v) is 4.74. The Kier molecular flexibility index (Phi) is 4.30. The average Bonchev–Trinajstić information content (AvgIpc) is 2.20. The highest BCUT2D eigenvalue weighted by Gasteiger charge is 2.13. The third-order valence-corrected chi connectivity index (χ3v) is 2.70. The molecule has 0 aromatic carbocycles. The van der Waals surface area contributed by atoms with Crippen molar-refractivity contribution in [3.8, 4) is 0 Å². The molecule has 90 valence electrons. The summed E-state index contributed by atoms with van der Waals surface area (Å²) in [5.74, 6) is 0.374. The second-order valence-electron chi connectivity index (χ2n) is 4.74. The maximum absolute atomic E-state index is 12.2. The van der Waals surface area contributed by atoms with Crippen molar-refractivity contribution < 1.29 is 0 Å². The van der Waals surface area contributed by atoms with Crippen LogP contribution in [-0.2, 0) is 6.54 Å². The molecule has 16 heavy (non-hydrogen) atoms. The summed E-state index contributed by atoms with van der Waals surface area (Å²) in [6.45, 7) is 8.97. The molecule has 0 bridgehead atoms. The number of pyridine rings is 1. The van der Waals surface area contributed by atoms with Gasteiger partial charge in [0.2, 0.25) is 0 Å². The number of nitrogens with one attached hydrogen (secondary N) is 1. The lowest BCUT2D eigenvalue weighted by Gasteiger charge is -2.20. The van der Waals surface area contributed by atoms with Crippen molar-refractivity contribution in [1.82, 2.24) is 9.88 Å². The van der Waals surface area contributed by atoms with E-state index in [2.05, 4.69) is 39.1 Å². The van der Waals surface area contributed by atoms with Crippen LogP contribution in [0.4, 0.5) is 0 Å². The van der Waals surface area contributed by atoms with Gasteiger partial charge >= 0.3 is 0 Å². The lowest BCUT2D eigenvalue weighted by atomic mass is 10.1. The van der Waals surface area contributed by atoms with Crippen molar-refractivity contribution in [2.45, 2.75) is 46.2 Å². The van der Waals surface area contributed by atoms with Gasteiger partial charge in [-0.3, -0.25) is 4.79 Å². The maximum Gasteiger partial charge on any atom is 0.255 e. The SMILES string of the molecule is CNCc1ccc(C(C)C)n(C(C)C)c1=O. The van der Waals surface area contributed by atoms with Crippen LogP contribution in [0.2, 0.25) is 0 Å². The summed E-state index contributed by atoms with van der Waals surface area (Å²) in [5, 5.41) is 3.03. The highest BCUT2D eigenvalue weighted by Crippen LogP contribution is 2.16. The Morgan fingerprint density at radius 3 is 2.31 bits per heavy atom. The number of hydrogen-bond acceptors (Lipinski definition) is 2. The van der Waals surface area contributed by atoms with Gasteiger partial charge in [0.25, 0.3) is 5.56 Å². The maximum atomic E-state index is 12.2. The van der Waals surface area contributed by atoms with Crippen molar-refractivity contribution in [1.29, 1.82) is 0 Å². The first-order valence-corrected chi connectivity index (χ1v) is 5.88. The van der Waals surface area contributed by atoms with E-state index >= 15 is 0 Å². The molecule has 1 heterocycles. The molecule has 1 rings (SSSR count). The largest absolute Gasteiger partial charge is 0.315 e. The van der Waals surface area contributed by atoms with Gasteiger partial charge in [-0.1, -0.05) is 19.9 Å². The van der Waals surface area contributed by atoms with Crippen LogP contribution < -0.4 is 10.9 Å². The molecule has 3 nitrogen and oxygen atoms in total. The molecule has 0 amide bonds. The van der Waals surface area contributed by atoms with E-state index < -0.39 is 0 Å². The van der Waals surface area contributed by atoms with Crippen molar-refractivity contribution in [3.63, 3.8) is 0 Å². The molecular formula is C13H22N2O. The van der Waals surface area contributed by atoms with E-state index in [9.17, 15) is 4.79 Å². The molecule has 1 N–H and O–H groups in total. The second kappa shape index (κ2) is 5.30. The predicted molar refractivity (Wildman–Crippen MR) is 67.9 cm³/mol. The standard InChI is InChI=1S/C13H22N2O/c1-9(2)12-7-6-11(8-14-5)13(16)15(12)10(3)4/h6-7,9-10,14H,8H2,1-5H3. The molecule has 3 heteroatoms. The van der Waals surface area contributed by atoms with E-state index in [0.717, 1.165) is 11.3 Å². The molecule has 0 saturated heterocycles. The molecular weight excluding hydrogens is 200 g/mol. The normalized spacial score (nSPS) is 11.4. The highest BCUT2D eigenvalue weighted by molar-refractivity contribution is 5.19. The van der Waals surface area contributed by atoms with E-state index in [-0.39, 0.29) is 11.6 Å². The summed E-state index contributed by atoms with van der Waals surface area (Å²) in [5.41, 5.74) is 2.08. The predicted octanol–water partition coefficient (Wildman–Crippen LogP) is 2.27. The average molecular weight is 222 g/mol. The first-order valence-electron chi connectivity index (χ1n) is 5.88. The minimum Gasteiger partial charge on any atom is -0.315 e. The van der Waals surface area contributed by atoms with Crippen LogP contribution in [0, 0.1) is 0 Å². The molecule has 1 aromatic heterocycles. The summed E-state index contributed by atoms with van der Waals surface area (Å²) >= 11 is 0. The third kappa shape index (κ3) is 2.53. The van der Waals surface area contributed by atoms with Crippen LogP contribution in [0.15, 0.2) is 16.9 Å². The fourth-order valence-corrected chi connectivity index (χ4v) is 1.94. The lowest BCUT2D eigenvalue weighted by Crippen LogP contribution is -2.30. The van der Waals surface area contributed by atoms with Crippen LogP contribution in [-0.4, -0.2) is 11.6 Å². The quantitative estimate of drug-likeness (QED) is 0.848. The van der Waals surface area contributed by atoms with Gasteiger partial charge < -0.3 is 9.88 Å². The molecule has 0 aliphatic heterocycles. The fraction of sp³-hybridized carbons (Fsp3) is 0.615. The summed E-state index contributed by atoms with van der Waals surface area (Å²) in [6.07, 6.45) is 0. The van der Waals surface area contributed by atoms with E-state index in [0.29, 0.717) is 12.5 Å². The Morgan fingerprint density at radius 2 is 1.88 bits per heavy atom. The zero-order valence-electron chi connectivity index (χ0n) is 10.9. The van der Waals surface area contributed by atoms with Gasteiger partial charge in [0.1, 0.15) is 0 Å². The Hall–Kier alpha value is -1.09. The van der Waals surface area contributed by atoms with Crippen LogP contribution >= 0.6 is 0 Å². The van der Waals surface area contributed by atoms with Gasteiger partial charge in [0, 0.05) is 23.8 Å². The minimum absolute atomic E-state index is 0.135. The Bertz CT molecular complexity index is 405. The summed E-state index contributed by atoms with van der Waals surface area (Å²) in [4.78, 5) is 12.2. The van der Waals surface area contributed by atoms with Crippen molar-refractivity contribution in [3.05, 3.63) is 33.7 Å². The van der Waals surface area contributed by atoms with Gasteiger partial charge in [-0.2, -0.15) is 0 Å². The van der Waals surface area contributed by atoms with Crippen LogP contribution in [0.25, 0.3) is 0 Å². The zero-order valence-corrected chi connectivity index (χ0v) is 10.9. The van der Waals surface area contributed by atoms with Crippen LogP contribution in [0.3, 0.4) is 0 Å². The first-order chi connectivity index (χ1) is 7.49. The van der Waals surface area contributed by atoms with Crippen LogP contribution in [0.5, 0.6) is 0 Å². The third-order valence-electron chi connectivity index (χ3n) is 2.70. The molecule has 0 radical (unpaired) electrons. The van der Waals surface area contributed by atoms with Crippen LogP contribution in [0.1, 0.15) is 50.9 Å². The first kappa shape index (κ1) is 13.0. The number of nitrogens with zero attached hydrogens (tertiary/aromatic N) is 1. The summed E-state index contributed by atoms with van der Waals surface area (Å²) in [6, 6.07) is 4.22. The molecule has 0 unspecified atom stereocenters. The number of aromatic nitrogens is 1. The van der Waals surface area contributed by atoms with Crippen molar-refractivity contribution in [2.75, 3.05) is 7.05 Å². The Morgan fingerprint density at radius 1 is 1.25 bits per heavy atom. The van der Waals surface area contributed by atoms with Gasteiger partial charge in [0.05, 0.1) is 0 Å². The van der Waals surface area contributed by atoms with Crippen molar-refractivity contribution >= 4 is 0 Å². The fourth-order valence-electron chi connectivity index (χ4n) is 1.94. The number of rotatable bonds is 4. The van der Waals surface area contributed by atoms with E-state index in [1.807, 2.05) is 17.7 Å². The molecule has 0 aliphatic rings. The summed E-state index contributed by atoms with van der Waals surface area (Å²) < 4.78 is 1.90. The van der Waals surface area contributed by atoms with E-state index in [4.69, 9.17) is 0 Å². The Balaban J connectivity index is 3.36. The van der Waals surface area contributed by atoms with Gasteiger partial charge in [-0.05, 0) is 32.9 Å². The molecule has 0 spiro atoms.